The van der Waals surface area contributed by atoms with Gasteiger partial charge in [0.15, 0.2) is 0 Å². The van der Waals surface area contributed by atoms with Crippen LogP contribution in [0, 0.1) is 16.7 Å². The molecule has 1 unspecified atom stereocenters. The maximum atomic E-state index is 11.8. The molecule has 1 atom stereocenters. The first kappa shape index (κ1) is 15.8. The molecule has 4 heteroatoms. The van der Waals surface area contributed by atoms with Gasteiger partial charge < -0.3 is 4.74 Å². The molecular weight excluding hydrogens is 216 g/mol. The molecule has 4 nitrogen and oxygen atoms in total. The highest BCUT2D eigenvalue weighted by molar-refractivity contribution is 5.68. The molecular formula is C13H24N2O2. The van der Waals surface area contributed by atoms with Crippen molar-refractivity contribution in [3.05, 3.63) is 0 Å². The van der Waals surface area contributed by atoms with Crippen LogP contribution in [0.15, 0.2) is 0 Å². The van der Waals surface area contributed by atoms with Crippen LogP contribution in [0.25, 0.3) is 0 Å². The van der Waals surface area contributed by atoms with E-state index in [2.05, 4.69) is 6.07 Å². The lowest BCUT2D eigenvalue weighted by Gasteiger charge is -2.30. The van der Waals surface area contributed by atoms with Crippen molar-refractivity contribution in [2.75, 3.05) is 7.05 Å². The van der Waals surface area contributed by atoms with Gasteiger partial charge >= 0.3 is 6.09 Å². The van der Waals surface area contributed by atoms with E-state index in [0.29, 0.717) is 6.42 Å². The highest BCUT2D eigenvalue weighted by Crippen LogP contribution is 2.23. The van der Waals surface area contributed by atoms with E-state index in [-0.39, 0.29) is 5.41 Å². The molecule has 17 heavy (non-hydrogen) atoms. The zero-order valence-corrected chi connectivity index (χ0v) is 12.0. The average Bonchev–Trinajstić information content (AvgIpc) is 2.08. The molecule has 0 saturated carbocycles. The third-order valence-corrected chi connectivity index (χ3v) is 2.10. The van der Waals surface area contributed by atoms with E-state index in [1.807, 2.05) is 41.5 Å². The Morgan fingerprint density at radius 2 is 1.76 bits per heavy atom. The first-order valence-corrected chi connectivity index (χ1v) is 5.82. The van der Waals surface area contributed by atoms with Crippen molar-refractivity contribution < 1.29 is 9.53 Å². The van der Waals surface area contributed by atoms with Crippen LogP contribution in [0.5, 0.6) is 0 Å². The fourth-order valence-electron chi connectivity index (χ4n) is 1.31. The number of nitrogens with zero attached hydrogens (tertiary/aromatic N) is 2. The maximum Gasteiger partial charge on any atom is 0.411 e. The van der Waals surface area contributed by atoms with Crippen LogP contribution in [0.1, 0.15) is 48.0 Å². The summed E-state index contributed by atoms with van der Waals surface area (Å²) in [7, 11) is 1.60. The predicted octanol–water partition coefficient (Wildman–Crippen LogP) is 3.18. The monoisotopic (exact) mass is 240 g/mol. The number of carbonyl (C=O) groups is 1. The first-order valence-electron chi connectivity index (χ1n) is 5.82. The fraction of sp³-hybridized carbons (Fsp3) is 0.846. The van der Waals surface area contributed by atoms with Crippen molar-refractivity contribution in [3.63, 3.8) is 0 Å². The van der Waals surface area contributed by atoms with E-state index in [4.69, 9.17) is 10.00 Å². The molecule has 0 aromatic rings. The molecule has 0 radical (unpaired) electrons. The molecule has 0 aromatic heterocycles. The van der Waals surface area contributed by atoms with Gasteiger partial charge in [0, 0.05) is 7.05 Å². The summed E-state index contributed by atoms with van der Waals surface area (Å²) in [5.74, 6) is 0. The predicted molar refractivity (Wildman–Crippen MR) is 67.5 cm³/mol. The lowest BCUT2D eigenvalue weighted by Crippen LogP contribution is -2.41. The summed E-state index contributed by atoms with van der Waals surface area (Å²) in [6.07, 6.45) is 0.174. The van der Waals surface area contributed by atoms with E-state index < -0.39 is 17.7 Å². The molecule has 0 spiro atoms. The van der Waals surface area contributed by atoms with Crippen LogP contribution in [-0.2, 0) is 4.74 Å². The van der Waals surface area contributed by atoms with E-state index in [9.17, 15) is 4.79 Å². The van der Waals surface area contributed by atoms with Crippen LogP contribution in [0.4, 0.5) is 4.79 Å². The highest BCUT2D eigenvalue weighted by Gasteiger charge is 2.28. The van der Waals surface area contributed by atoms with E-state index in [1.54, 1.807) is 7.05 Å². The molecule has 1 amide bonds. The molecule has 0 heterocycles. The average molecular weight is 240 g/mol. The van der Waals surface area contributed by atoms with Crippen LogP contribution >= 0.6 is 0 Å². The first-order chi connectivity index (χ1) is 7.46. The zero-order chi connectivity index (χ0) is 13.9. The summed E-state index contributed by atoms with van der Waals surface area (Å²) in [5, 5.41) is 9.11. The smallest absolute Gasteiger partial charge is 0.411 e. The minimum Gasteiger partial charge on any atom is -0.444 e. The summed E-state index contributed by atoms with van der Waals surface area (Å²) in [5.41, 5.74) is -0.538. The number of ether oxygens (including phenoxy) is 1. The van der Waals surface area contributed by atoms with Gasteiger partial charge in [-0.1, -0.05) is 20.8 Å². The second kappa shape index (κ2) is 5.39. The Kier molecular flexibility index (Phi) is 5.00. The Morgan fingerprint density at radius 3 is 2.06 bits per heavy atom. The van der Waals surface area contributed by atoms with Gasteiger partial charge in [0.25, 0.3) is 0 Å². The second-order valence-corrected chi connectivity index (χ2v) is 6.50. The Morgan fingerprint density at radius 1 is 1.29 bits per heavy atom. The SMILES string of the molecule is CN(C(=O)OC(C)(C)C)C(C#N)CC(C)(C)C. The van der Waals surface area contributed by atoms with Gasteiger partial charge in [-0.25, -0.2) is 4.79 Å². The number of carbonyl (C=O) groups excluding carboxylic acids is 1. The number of rotatable bonds is 2. The second-order valence-electron chi connectivity index (χ2n) is 6.50. The fourth-order valence-corrected chi connectivity index (χ4v) is 1.31. The summed E-state index contributed by atoms with van der Waals surface area (Å²) < 4.78 is 5.23. The van der Waals surface area contributed by atoms with Crippen LogP contribution in [0.2, 0.25) is 0 Å². The van der Waals surface area contributed by atoms with E-state index >= 15 is 0 Å². The van der Waals surface area contributed by atoms with E-state index in [1.165, 1.54) is 4.90 Å². The molecule has 0 saturated heterocycles. The van der Waals surface area contributed by atoms with Gasteiger partial charge in [-0.3, -0.25) is 4.90 Å². The number of hydrogen-bond acceptors (Lipinski definition) is 3. The van der Waals surface area contributed by atoms with Gasteiger partial charge in [-0.05, 0) is 32.6 Å². The van der Waals surface area contributed by atoms with Crippen molar-refractivity contribution in [1.29, 1.82) is 5.26 Å². The summed E-state index contributed by atoms with van der Waals surface area (Å²) >= 11 is 0. The Labute approximate surface area is 105 Å². The third kappa shape index (κ3) is 6.83. The van der Waals surface area contributed by atoms with Crippen LogP contribution in [-0.4, -0.2) is 29.7 Å². The minimum absolute atomic E-state index is 0.00330. The standard InChI is InChI=1S/C13H24N2O2/c1-12(2,3)8-10(9-14)15(7)11(16)17-13(4,5)6/h10H,8H2,1-7H3. The summed E-state index contributed by atoms with van der Waals surface area (Å²) in [4.78, 5) is 13.2. The van der Waals surface area contributed by atoms with Crippen molar-refractivity contribution >= 4 is 6.09 Å². The Balaban J connectivity index is 4.61. The summed E-state index contributed by atoms with van der Waals surface area (Å²) in [6.45, 7) is 11.6. The van der Waals surface area contributed by atoms with Crippen molar-refractivity contribution in [2.24, 2.45) is 5.41 Å². The largest absolute Gasteiger partial charge is 0.444 e. The third-order valence-electron chi connectivity index (χ3n) is 2.10. The van der Waals surface area contributed by atoms with Crippen molar-refractivity contribution in [2.45, 2.75) is 59.6 Å². The number of hydrogen-bond donors (Lipinski definition) is 0. The molecule has 0 aliphatic heterocycles. The van der Waals surface area contributed by atoms with Crippen LogP contribution < -0.4 is 0 Å². The van der Waals surface area contributed by atoms with Gasteiger partial charge in [0.05, 0.1) is 6.07 Å². The van der Waals surface area contributed by atoms with Gasteiger partial charge in [-0.15, -0.1) is 0 Å². The molecule has 0 rings (SSSR count). The van der Waals surface area contributed by atoms with Crippen molar-refractivity contribution in [1.82, 2.24) is 4.90 Å². The summed E-state index contributed by atoms with van der Waals surface area (Å²) in [6, 6.07) is 1.70. The van der Waals surface area contributed by atoms with Crippen molar-refractivity contribution in [3.8, 4) is 6.07 Å². The van der Waals surface area contributed by atoms with Crippen LogP contribution in [0.3, 0.4) is 0 Å². The number of amides is 1. The molecule has 0 aliphatic carbocycles. The number of nitriles is 1. The highest BCUT2D eigenvalue weighted by atomic mass is 16.6. The van der Waals surface area contributed by atoms with E-state index in [0.717, 1.165) is 0 Å². The zero-order valence-electron chi connectivity index (χ0n) is 12.0. The molecule has 0 bridgehead atoms. The normalized spacial score (nSPS) is 13.8. The topological polar surface area (TPSA) is 53.3 Å². The van der Waals surface area contributed by atoms with Gasteiger partial charge in [0.2, 0.25) is 0 Å². The Hall–Kier alpha value is -1.24. The molecule has 0 aliphatic rings. The Bertz CT molecular complexity index is 305. The maximum absolute atomic E-state index is 11.8. The van der Waals surface area contributed by atoms with Gasteiger partial charge in [-0.2, -0.15) is 5.26 Å². The quantitative estimate of drug-likeness (QED) is 0.745. The molecule has 98 valence electrons. The minimum atomic E-state index is -0.535. The molecule has 0 fully saturated rings. The lowest BCUT2D eigenvalue weighted by molar-refractivity contribution is 0.0235. The molecule has 0 aromatic carbocycles. The molecule has 0 N–H and O–H groups in total. The van der Waals surface area contributed by atoms with Gasteiger partial charge in [0.1, 0.15) is 11.6 Å². The lowest BCUT2D eigenvalue weighted by atomic mass is 9.88.